The molecule has 1 heterocycles. The van der Waals surface area contributed by atoms with Crippen LogP contribution in [0.5, 0.6) is 17.2 Å². The molecule has 124 valence electrons. The molecule has 6 nitrogen and oxygen atoms in total. The monoisotopic (exact) mass is 551 g/mol. The number of phenols is 1. The van der Waals surface area contributed by atoms with Crippen molar-refractivity contribution in [2.24, 2.45) is 0 Å². The number of ether oxygens (including phenoxy) is 2. The van der Waals surface area contributed by atoms with Crippen LogP contribution in [0.1, 0.15) is 5.56 Å². The lowest BCUT2D eigenvalue weighted by Gasteiger charge is -2.13. The lowest BCUT2D eigenvalue weighted by Crippen LogP contribution is -2.30. The fourth-order valence-corrected chi connectivity index (χ4v) is 4.34. The van der Waals surface area contributed by atoms with E-state index >= 15 is 0 Å². The van der Waals surface area contributed by atoms with E-state index in [1.165, 1.54) is 0 Å². The van der Waals surface area contributed by atoms with Gasteiger partial charge in [-0.05, 0) is 87.1 Å². The normalized spacial score (nSPS) is 16.7. The highest BCUT2D eigenvalue weighted by Gasteiger charge is 2.32. The molecule has 8 heteroatoms. The SMILES string of the molecule is O=C1N[C@@H](Cc2cc(I)c(Oc3ccc(O)cc3)c(I)c2)C(=O)O1. The number of carbonyl (C=O) groups is 2. The Morgan fingerprint density at radius 2 is 1.75 bits per heavy atom. The Hall–Kier alpha value is -1.56. The first kappa shape index (κ1) is 17.3. The van der Waals surface area contributed by atoms with Gasteiger partial charge in [0.05, 0.1) is 7.14 Å². The van der Waals surface area contributed by atoms with Crippen LogP contribution in [0.25, 0.3) is 0 Å². The van der Waals surface area contributed by atoms with Crippen LogP contribution in [0.3, 0.4) is 0 Å². The van der Waals surface area contributed by atoms with E-state index in [-0.39, 0.29) is 5.75 Å². The molecule has 0 bridgehead atoms. The number of hydrogen-bond donors (Lipinski definition) is 2. The molecule has 3 rings (SSSR count). The van der Waals surface area contributed by atoms with Gasteiger partial charge < -0.3 is 19.9 Å². The van der Waals surface area contributed by atoms with Gasteiger partial charge in [-0.2, -0.15) is 0 Å². The molecule has 2 aromatic rings. The standard InChI is InChI=1S/C16H11I2NO5/c17-11-5-8(7-13-15(21)24-16(22)19-13)6-12(18)14(11)23-10-3-1-9(20)2-4-10/h1-6,13,20H,7H2,(H,19,22)/t13-/m0/s1. The van der Waals surface area contributed by atoms with E-state index in [1.54, 1.807) is 24.3 Å². The number of benzene rings is 2. The Bertz CT molecular complexity index is 784. The largest absolute Gasteiger partial charge is 0.508 e. The average molecular weight is 551 g/mol. The van der Waals surface area contributed by atoms with E-state index < -0.39 is 18.1 Å². The second-order valence-corrected chi connectivity index (χ2v) is 7.42. The molecule has 0 radical (unpaired) electrons. The number of amides is 1. The number of halogens is 2. The summed E-state index contributed by atoms with van der Waals surface area (Å²) in [7, 11) is 0. The van der Waals surface area contributed by atoms with Crippen molar-refractivity contribution in [3.05, 3.63) is 49.1 Å². The zero-order chi connectivity index (χ0) is 17.3. The molecule has 1 saturated heterocycles. The zero-order valence-electron chi connectivity index (χ0n) is 12.1. The number of hydrogen-bond acceptors (Lipinski definition) is 5. The van der Waals surface area contributed by atoms with Gasteiger partial charge in [0.25, 0.3) is 0 Å². The van der Waals surface area contributed by atoms with Gasteiger partial charge in [-0.25, -0.2) is 9.59 Å². The minimum atomic E-state index is -0.707. The maximum atomic E-state index is 11.5. The Kier molecular flexibility index (Phi) is 5.13. The second kappa shape index (κ2) is 7.13. The predicted molar refractivity (Wildman–Crippen MR) is 102 cm³/mol. The molecule has 0 unspecified atom stereocenters. The molecule has 1 aliphatic heterocycles. The van der Waals surface area contributed by atoms with E-state index in [0.717, 1.165) is 12.7 Å². The van der Waals surface area contributed by atoms with Gasteiger partial charge in [0.15, 0.2) is 5.75 Å². The average Bonchev–Trinajstić information content (AvgIpc) is 2.82. The third-order valence-electron chi connectivity index (χ3n) is 3.32. The van der Waals surface area contributed by atoms with Crippen molar-refractivity contribution in [3.63, 3.8) is 0 Å². The van der Waals surface area contributed by atoms with Crippen LogP contribution in [-0.4, -0.2) is 23.2 Å². The molecule has 1 amide bonds. The number of nitrogens with one attached hydrogen (secondary N) is 1. The first-order valence-electron chi connectivity index (χ1n) is 6.89. The minimum Gasteiger partial charge on any atom is -0.508 e. The number of phenolic OH excluding ortho intramolecular Hbond substituents is 1. The quantitative estimate of drug-likeness (QED) is 0.345. The summed E-state index contributed by atoms with van der Waals surface area (Å²) in [5.74, 6) is 0.925. The van der Waals surface area contributed by atoms with Crippen molar-refractivity contribution in [2.45, 2.75) is 12.5 Å². The van der Waals surface area contributed by atoms with E-state index in [9.17, 15) is 14.7 Å². The predicted octanol–water partition coefficient (Wildman–Crippen LogP) is 3.57. The van der Waals surface area contributed by atoms with Crippen molar-refractivity contribution < 1.29 is 24.2 Å². The summed E-state index contributed by atoms with van der Waals surface area (Å²) >= 11 is 4.32. The number of aromatic hydroxyl groups is 1. The molecule has 2 aromatic carbocycles. The molecule has 1 aliphatic rings. The van der Waals surface area contributed by atoms with Gasteiger partial charge in [0, 0.05) is 6.42 Å². The van der Waals surface area contributed by atoms with Crippen molar-refractivity contribution >= 4 is 57.2 Å². The molecular weight excluding hydrogens is 540 g/mol. The lowest BCUT2D eigenvalue weighted by molar-refractivity contribution is -0.135. The van der Waals surface area contributed by atoms with Gasteiger partial charge in [-0.1, -0.05) is 0 Å². The molecule has 2 N–H and O–H groups in total. The summed E-state index contributed by atoms with van der Waals surface area (Å²) in [6.07, 6.45) is -0.350. The zero-order valence-corrected chi connectivity index (χ0v) is 16.4. The Balaban J connectivity index is 1.79. The van der Waals surface area contributed by atoms with Crippen LogP contribution in [0, 0.1) is 7.14 Å². The molecule has 0 saturated carbocycles. The first-order valence-corrected chi connectivity index (χ1v) is 9.05. The van der Waals surface area contributed by atoms with Gasteiger partial charge in [-0.3, -0.25) is 0 Å². The van der Waals surface area contributed by atoms with E-state index in [4.69, 9.17) is 4.74 Å². The summed E-state index contributed by atoms with van der Waals surface area (Å²) in [6, 6.07) is 9.61. The lowest BCUT2D eigenvalue weighted by atomic mass is 10.1. The highest BCUT2D eigenvalue weighted by Crippen LogP contribution is 2.33. The van der Waals surface area contributed by atoms with Crippen LogP contribution < -0.4 is 10.1 Å². The van der Waals surface area contributed by atoms with E-state index in [1.807, 2.05) is 12.1 Å². The highest BCUT2D eigenvalue weighted by atomic mass is 127. The smallest absolute Gasteiger partial charge is 0.415 e. The van der Waals surface area contributed by atoms with Crippen LogP contribution in [-0.2, 0) is 16.0 Å². The van der Waals surface area contributed by atoms with Gasteiger partial charge >= 0.3 is 12.1 Å². The Morgan fingerprint density at radius 3 is 2.29 bits per heavy atom. The molecule has 24 heavy (non-hydrogen) atoms. The third-order valence-corrected chi connectivity index (χ3v) is 4.93. The molecule has 1 atom stereocenters. The van der Waals surface area contributed by atoms with Gasteiger partial charge in [0.2, 0.25) is 0 Å². The fraction of sp³-hybridized carbons (Fsp3) is 0.125. The van der Waals surface area contributed by atoms with Crippen molar-refractivity contribution in [2.75, 3.05) is 0 Å². The van der Waals surface area contributed by atoms with Crippen LogP contribution >= 0.6 is 45.2 Å². The summed E-state index contributed by atoms with van der Waals surface area (Å²) in [6.45, 7) is 0. The maximum Gasteiger partial charge on any atom is 0.415 e. The highest BCUT2D eigenvalue weighted by molar-refractivity contribution is 14.1. The van der Waals surface area contributed by atoms with Crippen LogP contribution in [0.2, 0.25) is 0 Å². The van der Waals surface area contributed by atoms with Crippen molar-refractivity contribution in [1.82, 2.24) is 5.32 Å². The molecule has 0 aromatic heterocycles. The summed E-state index contributed by atoms with van der Waals surface area (Å²) in [5.41, 5.74) is 0.894. The number of alkyl carbamates (subject to hydrolysis) is 1. The summed E-state index contributed by atoms with van der Waals surface area (Å²) in [5, 5.41) is 11.8. The third kappa shape index (κ3) is 3.91. The summed E-state index contributed by atoms with van der Waals surface area (Å²) < 4.78 is 12.1. The molecular formula is C16H11I2NO5. The summed E-state index contributed by atoms with van der Waals surface area (Å²) in [4.78, 5) is 22.6. The molecule has 1 fully saturated rings. The number of carbonyl (C=O) groups excluding carboxylic acids is 2. The molecule has 0 spiro atoms. The Morgan fingerprint density at radius 1 is 1.12 bits per heavy atom. The fourth-order valence-electron chi connectivity index (χ4n) is 2.22. The van der Waals surface area contributed by atoms with Crippen molar-refractivity contribution in [3.8, 4) is 17.2 Å². The molecule has 0 aliphatic carbocycles. The van der Waals surface area contributed by atoms with Gasteiger partial charge in [-0.15, -0.1) is 0 Å². The van der Waals surface area contributed by atoms with E-state index in [2.05, 4.69) is 55.2 Å². The second-order valence-electron chi connectivity index (χ2n) is 5.09. The number of rotatable bonds is 4. The minimum absolute atomic E-state index is 0.174. The van der Waals surface area contributed by atoms with E-state index in [0.29, 0.717) is 17.9 Å². The topological polar surface area (TPSA) is 84.9 Å². The number of cyclic esters (lactones) is 2. The number of esters is 1. The first-order chi connectivity index (χ1) is 11.4. The van der Waals surface area contributed by atoms with Gasteiger partial charge in [0.1, 0.15) is 17.5 Å². The van der Waals surface area contributed by atoms with Crippen molar-refractivity contribution in [1.29, 1.82) is 0 Å². The van der Waals surface area contributed by atoms with Crippen LogP contribution in [0.15, 0.2) is 36.4 Å². The Labute approximate surface area is 164 Å². The maximum absolute atomic E-state index is 11.5. The van der Waals surface area contributed by atoms with Crippen LogP contribution in [0.4, 0.5) is 4.79 Å².